The monoisotopic (exact) mass is 314 g/mol. The maximum Gasteiger partial charge on any atom is 0.362 e. The van der Waals surface area contributed by atoms with Crippen LogP contribution in [0.1, 0.15) is 43.7 Å². The normalized spacial score (nSPS) is 11.9. The van der Waals surface area contributed by atoms with E-state index in [1.165, 1.54) is 0 Å². The van der Waals surface area contributed by atoms with Crippen molar-refractivity contribution in [1.82, 2.24) is 0 Å². The van der Waals surface area contributed by atoms with E-state index in [4.69, 9.17) is 14.5 Å². The van der Waals surface area contributed by atoms with Crippen molar-refractivity contribution >= 4 is 5.97 Å². The van der Waals surface area contributed by atoms with Crippen LogP contribution < -0.4 is 9.62 Å². The molecule has 0 saturated carbocycles. The first kappa shape index (κ1) is 16.9. The largest absolute Gasteiger partial charge is 0.496 e. The van der Waals surface area contributed by atoms with Gasteiger partial charge in [-0.3, -0.25) is 4.89 Å². The van der Waals surface area contributed by atoms with Crippen LogP contribution >= 0.6 is 0 Å². The average Bonchev–Trinajstić information content (AvgIpc) is 2.59. The summed E-state index contributed by atoms with van der Waals surface area (Å²) in [6, 6.07) is 14.8. The van der Waals surface area contributed by atoms with E-state index in [1.54, 1.807) is 26.2 Å². The molecule has 0 heterocycles. The van der Waals surface area contributed by atoms with E-state index in [0.29, 0.717) is 5.75 Å². The minimum atomic E-state index is -0.432. The molecule has 0 aliphatic heterocycles. The van der Waals surface area contributed by atoms with E-state index in [2.05, 4.69) is 13.8 Å². The summed E-state index contributed by atoms with van der Waals surface area (Å²) in [5.74, 6) is 0.712. The van der Waals surface area contributed by atoms with E-state index >= 15 is 0 Å². The standard InChI is InChI=1S/C19H22O4/c1-13(2)17-12-16(10-11-18(17)21-4)22-23-19(20)14(3)15-8-6-5-7-9-15/h5-14H,1-4H3. The Labute approximate surface area is 136 Å². The Hall–Kier alpha value is -2.49. The molecular weight excluding hydrogens is 292 g/mol. The third-order valence-electron chi connectivity index (χ3n) is 3.70. The maximum absolute atomic E-state index is 12.1. The molecule has 0 amide bonds. The van der Waals surface area contributed by atoms with Crippen LogP contribution in [0, 0.1) is 0 Å². The molecule has 2 aromatic rings. The second kappa shape index (κ2) is 7.68. The second-order valence-electron chi connectivity index (χ2n) is 5.68. The Kier molecular flexibility index (Phi) is 5.63. The van der Waals surface area contributed by atoms with Gasteiger partial charge < -0.3 is 4.74 Å². The van der Waals surface area contributed by atoms with E-state index in [-0.39, 0.29) is 11.8 Å². The van der Waals surface area contributed by atoms with Crippen LogP contribution in [0.2, 0.25) is 0 Å². The van der Waals surface area contributed by atoms with Crippen LogP contribution in [-0.4, -0.2) is 13.1 Å². The van der Waals surface area contributed by atoms with E-state index < -0.39 is 5.97 Å². The van der Waals surface area contributed by atoms with Crippen LogP contribution in [0.5, 0.6) is 11.5 Å². The zero-order valence-electron chi connectivity index (χ0n) is 13.9. The molecule has 0 radical (unpaired) electrons. The predicted molar refractivity (Wildman–Crippen MR) is 88.7 cm³/mol. The van der Waals surface area contributed by atoms with Gasteiger partial charge in [-0.15, -0.1) is 0 Å². The molecule has 0 aromatic heterocycles. The first-order valence-electron chi connectivity index (χ1n) is 7.64. The summed E-state index contributed by atoms with van der Waals surface area (Å²) in [4.78, 5) is 22.3. The van der Waals surface area contributed by atoms with Gasteiger partial charge in [-0.2, -0.15) is 0 Å². The third-order valence-corrected chi connectivity index (χ3v) is 3.70. The van der Waals surface area contributed by atoms with Crippen molar-refractivity contribution in [3.05, 3.63) is 59.7 Å². The van der Waals surface area contributed by atoms with Crippen molar-refractivity contribution in [3.8, 4) is 11.5 Å². The lowest BCUT2D eigenvalue weighted by atomic mass is 10.0. The lowest BCUT2D eigenvalue weighted by molar-refractivity contribution is -0.215. The molecule has 4 heteroatoms. The molecule has 122 valence electrons. The zero-order chi connectivity index (χ0) is 16.8. The quantitative estimate of drug-likeness (QED) is 0.583. The summed E-state index contributed by atoms with van der Waals surface area (Å²) in [6.45, 7) is 5.91. The number of hydrogen-bond acceptors (Lipinski definition) is 4. The fraction of sp³-hybridized carbons (Fsp3) is 0.316. The zero-order valence-corrected chi connectivity index (χ0v) is 13.9. The van der Waals surface area contributed by atoms with Gasteiger partial charge in [0.15, 0.2) is 5.75 Å². The van der Waals surface area contributed by atoms with E-state index in [9.17, 15) is 4.79 Å². The van der Waals surface area contributed by atoms with Gasteiger partial charge in [0.1, 0.15) is 5.75 Å². The van der Waals surface area contributed by atoms with E-state index in [1.807, 2.05) is 36.4 Å². The number of methoxy groups -OCH3 is 1. The number of carbonyl (C=O) groups is 1. The molecule has 2 aromatic carbocycles. The van der Waals surface area contributed by atoms with Crippen molar-refractivity contribution in [2.45, 2.75) is 32.6 Å². The first-order chi connectivity index (χ1) is 11.0. The minimum Gasteiger partial charge on any atom is -0.496 e. The Morgan fingerprint density at radius 1 is 1.00 bits per heavy atom. The van der Waals surface area contributed by atoms with Crippen LogP contribution in [0.4, 0.5) is 0 Å². The molecule has 0 saturated heterocycles. The SMILES string of the molecule is COc1ccc(OOC(=O)C(C)c2ccccc2)cc1C(C)C. The van der Waals surface area contributed by atoms with Gasteiger partial charge in [-0.1, -0.05) is 44.2 Å². The van der Waals surface area contributed by atoms with Crippen LogP contribution in [0.25, 0.3) is 0 Å². The number of ether oxygens (including phenoxy) is 1. The number of carbonyl (C=O) groups excluding carboxylic acids is 1. The van der Waals surface area contributed by atoms with Gasteiger partial charge in [0.05, 0.1) is 13.0 Å². The summed E-state index contributed by atoms with van der Waals surface area (Å²) < 4.78 is 5.32. The number of benzene rings is 2. The lowest BCUT2D eigenvalue weighted by Gasteiger charge is -2.14. The molecule has 0 fully saturated rings. The molecule has 0 spiro atoms. The highest BCUT2D eigenvalue weighted by Crippen LogP contribution is 2.30. The Bertz CT molecular complexity index is 650. The van der Waals surface area contributed by atoms with Crippen LogP contribution in [0.3, 0.4) is 0 Å². The fourth-order valence-corrected chi connectivity index (χ4v) is 2.25. The summed E-state index contributed by atoms with van der Waals surface area (Å²) in [7, 11) is 1.63. The van der Waals surface area contributed by atoms with Gasteiger partial charge >= 0.3 is 5.97 Å². The molecule has 23 heavy (non-hydrogen) atoms. The Morgan fingerprint density at radius 3 is 2.30 bits per heavy atom. The highest BCUT2D eigenvalue weighted by Gasteiger charge is 2.19. The second-order valence-corrected chi connectivity index (χ2v) is 5.68. The van der Waals surface area contributed by atoms with Crippen molar-refractivity contribution in [1.29, 1.82) is 0 Å². The van der Waals surface area contributed by atoms with Crippen molar-refractivity contribution in [2.24, 2.45) is 0 Å². The van der Waals surface area contributed by atoms with Crippen molar-refractivity contribution in [2.75, 3.05) is 7.11 Å². The summed E-state index contributed by atoms with van der Waals surface area (Å²) in [6.07, 6.45) is 0. The third kappa shape index (κ3) is 4.25. The molecule has 1 unspecified atom stereocenters. The minimum absolute atomic E-state index is 0.271. The Morgan fingerprint density at radius 2 is 1.70 bits per heavy atom. The molecule has 1 atom stereocenters. The van der Waals surface area contributed by atoms with Gasteiger partial charge in [0, 0.05) is 5.56 Å². The maximum atomic E-state index is 12.1. The highest BCUT2D eigenvalue weighted by molar-refractivity contribution is 5.77. The molecule has 0 N–H and O–H groups in total. The molecule has 0 aliphatic rings. The molecule has 0 bridgehead atoms. The average molecular weight is 314 g/mol. The van der Waals surface area contributed by atoms with Crippen molar-refractivity contribution in [3.63, 3.8) is 0 Å². The highest BCUT2D eigenvalue weighted by atomic mass is 17.2. The lowest BCUT2D eigenvalue weighted by Crippen LogP contribution is -2.15. The molecule has 4 nitrogen and oxygen atoms in total. The predicted octanol–water partition coefficient (Wildman–Crippen LogP) is 4.46. The molecule has 2 rings (SSSR count). The van der Waals surface area contributed by atoms with E-state index in [0.717, 1.165) is 16.9 Å². The number of hydrogen-bond donors (Lipinski definition) is 0. The smallest absolute Gasteiger partial charge is 0.362 e. The fourth-order valence-electron chi connectivity index (χ4n) is 2.25. The molecular formula is C19H22O4. The van der Waals surface area contributed by atoms with Crippen LogP contribution in [-0.2, 0) is 9.68 Å². The van der Waals surface area contributed by atoms with Crippen LogP contribution in [0.15, 0.2) is 48.5 Å². The van der Waals surface area contributed by atoms with Gasteiger partial charge in [0.2, 0.25) is 0 Å². The van der Waals surface area contributed by atoms with Gasteiger partial charge in [0.25, 0.3) is 0 Å². The van der Waals surface area contributed by atoms with Gasteiger partial charge in [-0.25, -0.2) is 9.68 Å². The summed E-state index contributed by atoms with van der Waals surface area (Å²) >= 11 is 0. The first-order valence-corrected chi connectivity index (χ1v) is 7.64. The van der Waals surface area contributed by atoms with Gasteiger partial charge in [-0.05, 0) is 36.6 Å². The molecule has 0 aliphatic carbocycles. The Balaban J connectivity index is 2.03. The topological polar surface area (TPSA) is 44.8 Å². The summed E-state index contributed by atoms with van der Waals surface area (Å²) in [5.41, 5.74) is 1.89. The number of rotatable bonds is 6. The summed E-state index contributed by atoms with van der Waals surface area (Å²) in [5, 5.41) is 0. The van der Waals surface area contributed by atoms with Crippen molar-refractivity contribution < 1.29 is 19.3 Å².